The first-order valence-corrected chi connectivity index (χ1v) is 9.95. The molecule has 1 amide bonds. The van der Waals surface area contributed by atoms with Gasteiger partial charge in [-0.25, -0.2) is 4.39 Å². The van der Waals surface area contributed by atoms with Crippen molar-refractivity contribution >= 4 is 5.91 Å². The molecule has 3 aromatic rings. The summed E-state index contributed by atoms with van der Waals surface area (Å²) in [4.78, 5) is 12.4. The summed E-state index contributed by atoms with van der Waals surface area (Å²) in [5.41, 5.74) is 3.51. The van der Waals surface area contributed by atoms with Crippen molar-refractivity contribution in [1.82, 2.24) is 15.1 Å². The minimum absolute atomic E-state index is 0.0232. The molecule has 1 aromatic heterocycles. The van der Waals surface area contributed by atoms with E-state index in [-0.39, 0.29) is 30.8 Å². The fourth-order valence-electron chi connectivity index (χ4n) is 3.75. The molecule has 2 aromatic carbocycles. The van der Waals surface area contributed by atoms with E-state index in [1.165, 1.54) is 23.4 Å². The topological polar surface area (TPSA) is 56.1 Å². The number of hydrogen-bond donors (Lipinski definition) is 1. The summed E-state index contributed by atoms with van der Waals surface area (Å²) in [6.07, 6.45) is 4.99. The molecule has 0 bridgehead atoms. The van der Waals surface area contributed by atoms with Crippen molar-refractivity contribution in [3.05, 3.63) is 83.4 Å². The highest BCUT2D eigenvalue weighted by molar-refractivity contribution is 5.76. The number of rotatable bonds is 7. The quantitative estimate of drug-likeness (QED) is 0.659. The van der Waals surface area contributed by atoms with Crippen LogP contribution in [0.4, 0.5) is 4.39 Å². The summed E-state index contributed by atoms with van der Waals surface area (Å²) in [5.74, 6) is 0.00389. The number of carbonyl (C=O) groups is 1. The van der Waals surface area contributed by atoms with Crippen molar-refractivity contribution < 1.29 is 13.9 Å². The molecule has 1 aliphatic carbocycles. The lowest BCUT2D eigenvalue weighted by Crippen LogP contribution is -2.31. The van der Waals surface area contributed by atoms with E-state index < -0.39 is 0 Å². The maximum absolute atomic E-state index is 13.2. The van der Waals surface area contributed by atoms with Crippen molar-refractivity contribution in [2.24, 2.45) is 0 Å². The van der Waals surface area contributed by atoms with E-state index in [1.54, 1.807) is 12.1 Å². The smallest absolute Gasteiger partial charge is 0.223 e. The summed E-state index contributed by atoms with van der Waals surface area (Å²) in [6, 6.07) is 16.2. The third-order valence-electron chi connectivity index (χ3n) is 5.17. The molecule has 1 unspecified atom stereocenters. The van der Waals surface area contributed by atoms with Crippen LogP contribution < -0.4 is 10.1 Å². The number of benzene rings is 2. The molecule has 0 saturated heterocycles. The van der Waals surface area contributed by atoms with E-state index in [9.17, 15) is 9.18 Å². The third-order valence-corrected chi connectivity index (χ3v) is 5.17. The van der Waals surface area contributed by atoms with E-state index >= 15 is 0 Å². The van der Waals surface area contributed by atoms with Crippen LogP contribution in [0.5, 0.6) is 5.75 Å². The lowest BCUT2D eigenvalue weighted by Gasteiger charge is -2.24. The Hall–Kier alpha value is -3.15. The minimum Gasteiger partial charge on any atom is -0.493 e. The molecule has 4 rings (SSSR count). The van der Waals surface area contributed by atoms with Gasteiger partial charge in [-0.05, 0) is 37.0 Å². The predicted molar refractivity (Wildman–Crippen MR) is 108 cm³/mol. The van der Waals surface area contributed by atoms with Gasteiger partial charge in [0.2, 0.25) is 5.91 Å². The highest BCUT2D eigenvalue weighted by atomic mass is 19.1. The third kappa shape index (κ3) is 4.83. The SMILES string of the molecule is O=C(CCOc1cccc(F)c1)NC1CCCc2c1cnn2Cc1ccccc1. The standard InChI is InChI=1S/C23H24FN3O2/c24-18-8-4-9-19(14-18)29-13-12-23(28)26-21-10-5-11-22-20(21)15-25-27(22)16-17-6-2-1-3-7-17/h1-4,6-9,14-15,21H,5,10-13,16H2,(H,26,28). The average molecular weight is 393 g/mol. The molecule has 1 atom stereocenters. The second-order valence-corrected chi connectivity index (χ2v) is 7.26. The van der Waals surface area contributed by atoms with E-state index in [2.05, 4.69) is 22.5 Å². The second-order valence-electron chi connectivity index (χ2n) is 7.26. The van der Waals surface area contributed by atoms with Crippen LogP contribution in [-0.2, 0) is 17.8 Å². The van der Waals surface area contributed by atoms with Crippen molar-refractivity contribution in [3.63, 3.8) is 0 Å². The molecule has 0 spiro atoms. The van der Waals surface area contributed by atoms with Crippen molar-refractivity contribution in [1.29, 1.82) is 0 Å². The number of amides is 1. The summed E-state index contributed by atoms with van der Waals surface area (Å²) in [6.45, 7) is 0.945. The number of carbonyl (C=O) groups excluding carboxylic acids is 1. The van der Waals surface area contributed by atoms with E-state index in [4.69, 9.17) is 4.74 Å². The summed E-state index contributed by atoms with van der Waals surface area (Å²) >= 11 is 0. The average Bonchev–Trinajstić information content (AvgIpc) is 3.13. The van der Waals surface area contributed by atoms with Gasteiger partial charge in [-0.15, -0.1) is 0 Å². The molecule has 6 heteroatoms. The normalized spacial score (nSPS) is 15.6. The fourth-order valence-corrected chi connectivity index (χ4v) is 3.75. The highest BCUT2D eigenvalue weighted by Crippen LogP contribution is 2.30. The molecular formula is C23H24FN3O2. The Kier molecular flexibility index (Phi) is 5.89. The van der Waals surface area contributed by atoms with Gasteiger partial charge in [-0.2, -0.15) is 5.10 Å². The van der Waals surface area contributed by atoms with Gasteiger partial charge >= 0.3 is 0 Å². The number of nitrogens with one attached hydrogen (secondary N) is 1. The van der Waals surface area contributed by atoms with Gasteiger partial charge < -0.3 is 10.1 Å². The second kappa shape index (κ2) is 8.90. The summed E-state index contributed by atoms with van der Waals surface area (Å²) < 4.78 is 20.7. The zero-order valence-electron chi connectivity index (χ0n) is 16.2. The van der Waals surface area contributed by atoms with Gasteiger partial charge in [0.05, 0.1) is 31.8 Å². The van der Waals surface area contributed by atoms with Crippen molar-refractivity contribution in [2.75, 3.05) is 6.61 Å². The molecule has 5 nitrogen and oxygen atoms in total. The van der Waals surface area contributed by atoms with Gasteiger partial charge in [0.1, 0.15) is 11.6 Å². The van der Waals surface area contributed by atoms with Crippen LogP contribution in [0.25, 0.3) is 0 Å². The predicted octanol–water partition coefficient (Wildman–Crippen LogP) is 4.03. The zero-order valence-corrected chi connectivity index (χ0v) is 16.2. The molecule has 1 heterocycles. The maximum atomic E-state index is 13.2. The maximum Gasteiger partial charge on any atom is 0.223 e. The Morgan fingerprint density at radius 3 is 2.90 bits per heavy atom. The number of aromatic nitrogens is 2. The van der Waals surface area contributed by atoms with Gasteiger partial charge in [-0.1, -0.05) is 36.4 Å². The molecule has 0 saturated carbocycles. The first-order chi connectivity index (χ1) is 14.2. The number of halogens is 1. The Balaban J connectivity index is 1.34. The van der Waals surface area contributed by atoms with Crippen LogP contribution >= 0.6 is 0 Å². The van der Waals surface area contributed by atoms with Gasteiger partial charge in [-0.3, -0.25) is 9.48 Å². The number of fused-ring (bicyclic) bond motifs is 1. The number of nitrogens with zero attached hydrogens (tertiary/aromatic N) is 2. The van der Waals surface area contributed by atoms with Crippen LogP contribution in [-0.4, -0.2) is 22.3 Å². The Bertz CT molecular complexity index is 971. The Labute approximate surface area is 169 Å². The molecule has 0 fully saturated rings. The molecule has 0 radical (unpaired) electrons. The van der Waals surface area contributed by atoms with Crippen LogP contribution in [0.2, 0.25) is 0 Å². The van der Waals surface area contributed by atoms with E-state index in [0.29, 0.717) is 5.75 Å². The molecule has 1 N–H and O–H groups in total. The molecule has 29 heavy (non-hydrogen) atoms. The van der Waals surface area contributed by atoms with Crippen LogP contribution in [0, 0.1) is 5.82 Å². The van der Waals surface area contributed by atoms with Crippen LogP contribution in [0.1, 0.15) is 42.1 Å². The molecule has 1 aliphatic rings. The first-order valence-electron chi connectivity index (χ1n) is 9.95. The summed E-state index contributed by atoms with van der Waals surface area (Å²) in [7, 11) is 0. The van der Waals surface area contributed by atoms with Crippen molar-refractivity contribution in [3.8, 4) is 5.75 Å². The van der Waals surface area contributed by atoms with E-state index in [1.807, 2.05) is 29.1 Å². The first kappa shape index (κ1) is 19.2. The monoisotopic (exact) mass is 393 g/mol. The van der Waals surface area contributed by atoms with Gasteiger partial charge in [0.15, 0.2) is 0 Å². The molecule has 150 valence electrons. The Morgan fingerprint density at radius 2 is 2.07 bits per heavy atom. The molecule has 0 aliphatic heterocycles. The lowest BCUT2D eigenvalue weighted by molar-refractivity contribution is -0.122. The van der Waals surface area contributed by atoms with Crippen molar-refractivity contribution in [2.45, 2.75) is 38.3 Å². The van der Waals surface area contributed by atoms with Crippen LogP contribution in [0.15, 0.2) is 60.8 Å². The Morgan fingerprint density at radius 1 is 1.21 bits per heavy atom. The lowest BCUT2D eigenvalue weighted by atomic mass is 9.92. The van der Waals surface area contributed by atoms with Gasteiger partial charge in [0, 0.05) is 17.3 Å². The number of hydrogen-bond acceptors (Lipinski definition) is 3. The van der Waals surface area contributed by atoms with Gasteiger partial charge in [0.25, 0.3) is 0 Å². The zero-order chi connectivity index (χ0) is 20.1. The number of ether oxygens (including phenoxy) is 1. The van der Waals surface area contributed by atoms with E-state index in [0.717, 1.165) is 31.4 Å². The summed E-state index contributed by atoms with van der Waals surface area (Å²) in [5, 5.41) is 7.67. The highest BCUT2D eigenvalue weighted by Gasteiger charge is 2.25. The minimum atomic E-state index is -0.353. The van der Waals surface area contributed by atoms with Crippen LogP contribution in [0.3, 0.4) is 0 Å². The molecular weight excluding hydrogens is 369 g/mol. The fraction of sp³-hybridized carbons (Fsp3) is 0.304. The largest absolute Gasteiger partial charge is 0.493 e.